The predicted molar refractivity (Wildman–Crippen MR) is 284 cm³/mol. The average molecular weight is 927 g/mol. The first-order valence-corrected chi connectivity index (χ1v) is 27.1. The van der Waals surface area contributed by atoms with Crippen LogP contribution >= 0.6 is 0 Å². The van der Waals surface area contributed by atoms with Gasteiger partial charge in [0, 0.05) is 44.5 Å². The molecule has 3 amide bonds. The van der Waals surface area contributed by atoms with E-state index in [-0.39, 0.29) is 29.4 Å². The highest BCUT2D eigenvalue weighted by Crippen LogP contribution is 2.46. The molecule has 1 heterocycles. The molecule has 0 spiro atoms. The maximum absolute atomic E-state index is 15.1. The van der Waals surface area contributed by atoms with Crippen molar-refractivity contribution in [2.24, 2.45) is 10.7 Å². The number of carbonyl (C=O) groups is 4. The minimum Gasteiger partial charge on any atom is -0.478 e. The van der Waals surface area contributed by atoms with Gasteiger partial charge >= 0.3 is 5.97 Å². The number of amidine groups is 1. The van der Waals surface area contributed by atoms with Crippen molar-refractivity contribution < 1.29 is 24.3 Å². The van der Waals surface area contributed by atoms with Crippen molar-refractivity contribution in [3.63, 3.8) is 0 Å². The molecule has 5 aromatic carbocycles. The van der Waals surface area contributed by atoms with Gasteiger partial charge in [0.15, 0.2) is 0 Å². The quantitative estimate of drug-likeness (QED) is 0.00821. The summed E-state index contributed by atoms with van der Waals surface area (Å²) in [6, 6.07) is 12.5. The average Bonchev–Trinajstić information content (AvgIpc) is 3.33. The number of aliphatic imine (C=N–C) groups is 1. The van der Waals surface area contributed by atoms with Gasteiger partial charge in [0.25, 0.3) is 17.7 Å². The van der Waals surface area contributed by atoms with E-state index in [1.54, 1.807) is 24.3 Å². The number of benzene rings is 5. The summed E-state index contributed by atoms with van der Waals surface area (Å²) in [7, 11) is 0. The monoisotopic (exact) mass is 927 g/mol. The number of amides is 3. The van der Waals surface area contributed by atoms with E-state index in [1.165, 1.54) is 103 Å². The second-order valence-electron chi connectivity index (χ2n) is 20.0. The van der Waals surface area contributed by atoms with Gasteiger partial charge in [-0.3, -0.25) is 24.7 Å². The molecule has 1 aliphatic rings. The van der Waals surface area contributed by atoms with Crippen LogP contribution in [0.2, 0.25) is 0 Å². The van der Waals surface area contributed by atoms with Gasteiger partial charge in [-0.15, -0.1) is 0 Å². The van der Waals surface area contributed by atoms with E-state index in [9.17, 15) is 19.5 Å². The molecule has 5 N–H and O–H groups in total. The van der Waals surface area contributed by atoms with Crippen LogP contribution in [0.4, 0.5) is 0 Å². The lowest BCUT2D eigenvalue weighted by Crippen LogP contribution is -2.35. The maximum atomic E-state index is 15.1. The molecule has 68 heavy (non-hydrogen) atoms. The van der Waals surface area contributed by atoms with Crippen LogP contribution in [0.25, 0.3) is 43.1 Å². The Bertz CT molecular complexity index is 2490. The van der Waals surface area contributed by atoms with E-state index < -0.39 is 17.8 Å². The fraction of sp³-hybridized carbons (Fsp3) is 0.576. The summed E-state index contributed by atoms with van der Waals surface area (Å²) < 4.78 is 0. The van der Waals surface area contributed by atoms with E-state index in [0.29, 0.717) is 54.6 Å². The zero-order chi connectivity index (χ0) is 48.4. The lowest BCUT2D eigenvalue weighted by atomic mass is 9.81. The summed E-state index contributed by atoms with van der Waals surface area (Å²) >= 11 is 0. The van der Waals surface area contributed by atoms with Gasteiger partial charge in [0.05, 0.1) is 11.6 Å². The highest BCUT2D eigenvalue weighted by molar-refractivity contribution is 6.42. The predicted octanol–water partition coefficient (Wildman–Crippen LogP) is 15.5. The van der Waals surface area contributed by atoms with Crippen LogP contribution < -0.4 is 16.4 Å². The summed E-state index contributed by atoms with van der Waals surface area (Å²) in [5, 5.41) is 22.0. The number of aromatic carboxylic acids is 1. The van der Waals surface area contributed by atoms with Gasteiger partial charge in [-0.25, -0.2) is 4.79 Å². The number of carboxylic acids is 1. The summed E-state index contributed by atoms with van der Waals surface area (Å²) in [5.74, 6) is -2.06. The van der Waals surface area contributed by atoms with Crippen LogP contribution in [0.3, 0.4) is 0 Å². The van der Waals surface area contributed by atoms with Crippen molar-refractivity contribution in [3.05, 3.63) is 70.3 Å². The Balaban J connectivity index is 1.49. The molecule has 1 aliphatic heterocycles. The molecule has 0 aliphatic carbocycles. The zero-order valence-corrected chi connectivity index (χ0v) is 42.1. The number of unbranched alkanes of at least 4 members (excludes halogenated alkanes) is 20. The Kier molecular flexibility index (Phi) is 20.5. The van der Waals surface area contributed by atoms with Crippen molar-refractivity contribution in [2.75, 3.05) is 0 Å². The molecule has 2 unspecified atom stereocenters. The highest BCUT2D eigenvalue weighted by atomic mass is 16.4. The van der Waals surface area contributed by atoms with Crippen LogP contribution in [-0.4, -0.2) is 46.7 Å². The number of imide groups is 1. The number of rotatable bonds is 33. The number of nitrogens with zero attached hydrogens (tertiary/aromatic N) is 1. The minimum atomic E-state index is -1.14. The van der Waals surface area contributed by atoms with Crippen molar-refractivity contribution in [3.8, 4) is 0 Å². The molecule has 0 radical (unpaired) electrons. The first kappa shape index (κ1) is 52.3. The molecule has 9 nitrogen and oxygen atoms in total. The normalized spacial score (nSPS) is 13.9. The molecular weight excluding hydrogens is 845 g/mol. The van der Waals surface area contributed by atoms with E-state index in [0.717, 1.165) is 87.8 Å². The standard InChI is InChI=1S/C59H82N4O5/c1-5-9-13-17-19-23-27-30-40(29-25-21-15-11-7-3)61-55(60)48-39-49(59(67)68)51-44-35-38-46-52-45(57(65)63-58(46)66)36-33-42(50(44)52)43-34-37-47(53(48)54(43)51)56(64)62-41(31-26-22-16-12-8-4)32-28-24-20-18-14-10-6-2/h33-41H,5-32H2,1-4H3,(H2,60,61)(H,62,64)(H,67,68)(H,63,65,66). The smallest absolute Gasteiger partial charge is 0.336 e. The molecular formula is C59H82N4O5. The largest absolute Gasteiger partial charge is 0.478 e. The molecule has 0 aromatic heterocycles. The van der Waals surface area contributed by atoms with Crippen molar-refractivity contribution in [1.29, 1.82) is 0 Å². The van der Waals surface area contributed by atoms with Gasteiger partial charge < -0.3 is 16.2 Å². The fourth-order valence-corrected chi connectivity index (χ4v) is 10.9. The third-order valence-corrected chi connectivity index (χ3v) is 14.7. The van der Waals surface area contributed by atoms with Crippen molar-refractivity contribution in [2.45, 2.75) is 220 Å². The number of hydrogen-bond acceptors (Lipinski definition) is 5. The molecule has 9 heteroatoms. The molecule has 0 bridgehead atoms. The zero-order valence-electron chi connectivity index (χ0n) is 42.1. The number of carbonyl (C=O) groups excluding carboxylic acids is 3. The van der Waals surface area contributed by atoms with E-state index in [4.69, 9.17) is 10.7 Å². The summed E-state index contributed by atoms with van der Waals surface area (Å²) in [6.07, 6.45) is 31.9. The molecule has 0 saturated carbocycles. The summed E-state index contributed by atoms with van der Waals surface area (Å²) in [5.41, 5.74) is 8.90. The highest BCUT2D eigenvalue weighted by Gasteiger charge is 2.31. The first-order chi connectivity index (χ1) is 33.1. The number of hydrogen-bond donors (Lipinski definition) is 4. The van der Waals surface area contributed by atoms with Crippen LogP contribution in [0, 0.1) is 0 Å². The Morgan fingerprint density at radius 1 is 0.515 bits per heavy atom. The molecule has 2 atom stereocenters. The number of carboxylic acid groups (broad SMARTS) is 1. The Hall–Kier alpha value is -5.05. The van der Waals surface area contributed by atoms with Crippen LogP contribution in [0.1, 0.15) is 254 Å². The van der Waals surface area contributed by atoms with Gasteiger partial charge in [-0.1, -0.05) is 200 Å². The maximum Gasteiger partial charge on any atom is 0.336 e. The second kappa shape index (κ2) is 26.6. The Labute approximate surface area is 406 Å². The van der Waals surface area contributed by atoms with E-state index in [2.05, 4.69) is 38.3 Å². The summed E-state index contributed by atoms with van der Waals surface area (Å²) in [6.45, 7) is 8.94. The molecule has 6 rings (SSSR count). The van der Waals surface area contributed by atoms with Gasteiger partial charge in [0.1, 0.15) is 5.84 Å². The molecule has 0 fully saturated rings. The minimum absolute atomic E-state index is 0.00534. The summed E-state index contributed by atoms with van der Waals surface area (Å²) in [4.78, 5) is 60.5. The molecule has 5 aromatic rings. The second-order valence-corrected chi connectivity index (χ2v) is 20.0. The SMILES string of the molecule is CCCCCCCCCC(CCCCCCC)N=C(N)c1cc(C(=O)O)c2c3ccc4c5c(ccc(c6ccc(C(=O)NC(CCCCCCC)CCCCCCCCC)c1c62)c53)C(=O)NC4=O. The topological polar surface area (TPSA) is 151 Å². The van der Waals surface area contributed by atoms with E-state index >= 15 is 4.79 Å². The van der Waals surface area contributed by atoms with E-state index in [1.807, 2.05) is 18.2 Å². The Morgan fingerprint density at radius 2 is 0.956 bits per heavy atom. The number of nitrogens with one attached hydrogen (secondary N) is 2. The number of nitrogens with two attached hydrogens (primary N) is 1. The van der Waals surface area contributed by atoms with Crippen molar-refractivity contribution >= 4 is 72.6 Å². The van der Waals surface area contributed by atoms with Gasteiger partial charge in [0.2, 0.25) is 0 Å². The fourth-order valence-electron chi connectivity index (χ4n) is 10.9. The van der Waals surface area contributed by atoms with Crippen LogP contribution in [-0.2, 0) is 0 Å². The van der Waals surface area contributed by atoms with Crippen LogP contribution in [0.15, 0.2) is 47.5 Å². The Morgan fingerprint density at radius 3 is 1.46 bits per heavy atom. The third-order valence-electron chi connectivity index (χ3n) is 14.7. The lowest BCUT2D eigenvalue weighted by molar-refractivity contribution is 0.0697. The van der Waals surface area contributed by atoms with Gasteiger partial charge in [-0.2, -0.15) is 0 Å². The lowest BCUT2D eigenvalue weighted by Gasteiger charge is -2.24. The molecule has 368 valence electrons. The third kappa shape index (κ3) is 13.0. The number of fused-ring (bicyclic) bond motifs is 2. The van der Waals surface area contributed by atoms with Crippen molar-refractivity contribution in [1.82, 2.24) is 10.6 Å². The van der Waals surface area contributed by atoms with Crippen LogP contribution in [0.5, 0.6) is 0 Å². The first-order valence-electron chi connectivity index (χ1n) is 27.1. The molecule has 0 saturated heterocycles. The van der Waals surface area contributed by atoms with Gasteiger partial charge in [-0.05, 0) is 76.9 Å².